The highest BCUT2D eigenvalue weighted by atomic mass is 16.5. The van der Waals surface area contributed by atoms with E-state index in [4.69, 9.17) is 9.47 Å². The number of benzene rings is 2. The van der Waals surface area contributed by atoms with E-state index in [2.05, 4.69) is 10.2 Å². The van der Waals surface area contributed by atoms with E-state index in [1.807, 2.05) is 61.5 Å². The summed E-state index contributed by atoms with van der Waals surface area (Å²) in [6.45, 7) is 6.72. The van der Waals surface area contributed by atoms with Crippen molar-refractivity contribution in [3.8, 4) is 5.75 Å². The molecule has 1 saturated heterocycles. The maximum atomic E-state index is 13.4. The number of ether oxygens (including phenoxy) is 2. The number of carbonyl (C=O) groups excluding carboxylic acids is 2. The van der Waals surface area contributed by atoms with Crippen molar-refractivity contribution in [1.29, 1.82) is 0 Å². The largest absolute Gasteiger partial charge is 0.497 e. The molecule has 1 heterocycles. The second kappa shape index (κ2) is 13.0. The summed E-state index contributed by atoms with van der Waals surface area (Å²) in [7, 11) is 1.62. The number of carbonyl (C=O) groups is 2. The molecule has 2 aromatic carbocycles. The molecule has 7 heteroatoms. The van der Waals surface area contributed by atoms with E-state index in [1.165, 1.54) is 0 Å². The van der Waals surface area contributed by atoms with Crippen LogP contribution in [0.15, 0.2) is 54.6 Å². The molecule has 1 unspecified atom stereocenters. The predicted octanol–water partition coefficient (Wildman–Crippen LogP) is 2.49. The Morgan fingerprint density at radius 2 is 1.76 bits per heavy atom. The maximum Gasteiger partial charge on any atom is 0.243 e. The van der Waals surface area contributed by atoms with E-state index < -0.39 is 6.04 Å². The Bertz CT molecular complexity index is 867. The Kier molecular flexibility index (Phi) is 9.72. The van der Waals surface area contributed by atoms with Crippen LogP contribution in [0.4, 0.5) is 0 Å². The lowest BCUT2D eigenvalue weighted by atomic mass is 10.0. The molecule has 7 nitrogen and oxygen atoms in total. The Labute approximate surface area is 196 Å². The van der Waals surface area contributed by atoms with Crippen molar-refractivity contribution < 1.29 is 19.1 Å². The molecule has 33 heavy (non-hydrogen) atoms. The molecule has 1 N–H and O–H groups in total. The van der Waals surface area contributed by atoms with Crippen molar-refractivity contribution >= 4 is 11.8 Å². The molecule has 178 valence electrons. The van der Waals surface area contributed by atoms with Gasteiger partial charge in [-0.05, 0) is 23.3 Å². The van der Waals surface area contributed by atoms with Gasteiger partial charge in [-0.15, -0.1) is 0 Å². The van der Waals surface area contributed by atoms with Gasteiger partial charge in [0, 0.05) is 45.6 Å². The monoisotopic (exact) mass is 453 g/mol. The summed E-state index contributed by atoms with van der Waals surface area (Å²) in [4.78, 5) is 30.4. The van der Waals surface area contributed by atoms with Gasteiger partial charge in [-0.1, -0.05) is 49.4 Å². The van der Waals surface area contributed by atoms with Crippen LogP contribution in [0.25, 0.3) is 0 Å². The molecule has 0 spiro atoms. The molecule has 0 aromatic heterocycles. The number of hydrogen-bond donors (Lipinski definition) is 1. The quantitative estimate of drug-likeness (QED) is 0.566. The van der Waals surface area contributed by atoms with E-state index in [0.29, 0.717) is 25.9 Å². The van der Waals surface area contributed by atoms with Crippen molar-refractivity contribution in [3.05, 3.63) is 65.7 Å². The minimum atomic E-state index is -0.591. The fourth-order valence-corrected chi connectivity index (χ4v) is 3.96. The molecule has 0 aliphatic carbocycles. The highest BCUT2D eigenvalue weighted by Gasteiger charge is 2.29. The normalized spacial score (nSPS) is 15.0. The first-order chi connectivity index (χ1) is 16.1. The van der Waals surface area contributed by atoms with E-state index in [0.717, 1.165) is 49.7 Å². The first-order valence-corrected chi connectivity index (χ1v) is 11.6. The summed E-state index contributed by atoms with van der Waals surface area (Å²) in [5.41, 5.74) is 1.98. The number of methoxy groups -OCH3 is 1. The van der Waals surface area contributed by atoms with Gasteiger partial charge in [-0.3, -0.25) is 14.5 Å². The molecule has 0 saturated carbocycles. The number of hydrogen-bond acceptors (Lipinski definition) is 5. The van der Waals surface area contributed by atoms with Gasteiger partial charge in [0.05, 0.1) is 20.3 Å². The average Bonchev–Trinajstić information content (AvgIpc) is 2.87. The second-order valence-electron chi connectivity index (χ2n) is 8.17. The molecular formula is C26H35N3O4. The molecule has 0 radical (unpaired) electrons. The Balaban J connectivity index is 1.75. The molecule has 2 aromatic rings. The number of morpholine rings is 1. The van der Waals surface area contributed by atoms with E-state index >= 15 is 0 Å². The Morgan fingerprint density at radius 3 is 2.39 bits per heavy atom. The number of nitrogens with zero attached hydrogens (tertiary/aromatic N) is 2. The van der Waals surface area contributed by atoms with Crippen molar-refractivity contribution in [1.82, 2.24) is 15.1 Å². The highest BCUT2D eigenvalue weighted by molar-refractivity contribution is 5.87. The van der Waals surface area contributed by atoms with Gasteiger partial charge >= 0.3 is 0 Å². The van der Waals surface area contributed by atoms with Crippen LogP contribution in [-0.4, -0.2) is 74.2 Å². The van der Waals surface area contributed by atoms with Gasteiger partial charge in [0.1, 0.15) is 11.8 Å². The molecule has 1 fully saturated rings. The van der Waals surface area contributed by atoms with Crippen molar-refractivity contribution in [2.75, 3.05) is 46.5 Å². The van der Waals surface area contributed by atoms with Crippen molar-refractivity contribution in [3.63, 3.8) is 0 Å². The SMILES string of the molecule is CCC(=O)N(Cc1ccc(OC)cc1)C(Cc1ccccc1)C(=O)NCCN1CCOCC1. The van der Waals surface area contributed by atoms with Crippen molar-refractivity contribution in [2.45, 2.75) is 32.4 Å². The smallest absolute Gasteiger partial charge is 0.243 e. The van der Waals surface area contributed by atoms with E-state index in [-0.39, 0.29) is 11.8 Å². The minimum Gasteiger partial charge on any atom is -0.497 e. The summed E-state index contributed by atoms with van der Waals surface area (Å²) in [5, 5.41) is 3.08. The lowest BCUT2D eigenvalue weighted by molar-refractivity contribution is -0.141. The van der Waals surface area contributed by atoms with Crippen LogP contribution >= 0.6 is 0 Å². The van der Waals surface area contributed by atoms with Gasteiger partial charge < -0.3 is 19.7 Å². The molecule has 1 aliphatic rings. The van der Waals surface area contributed by atoms with Gasteiger partial charge in [0.2, 0.25) is 11.8 Å². The lowest BCUT2D eigenvalue weighted by Gasteiger charge is -2.32. The maximum absolute atomic E-state index is 13.4. The number of nitrogens with one attached hydrogen (secondary N) is 1. The van der Waals surface area contributed by atoms with Crippen LogP contribution in [0.5, 0.6) is 5.75 Å². The van der Waals surface area contributed by atoms with Crippen LogP contribution < -0.4 is 10.1 Å². The predicted molar refractivity (Wildman–Crippen MR) is 128 cm³/mol. The fourth-order valence-electron chi connectivity index (χ4n) is 3.96. The summed E-state index contributed by atoms with van der Waals surface area (Å²) in [6.07, 6.45) is 0.800. The van der Waals surface area contributed by atoms with Crippen LogP contribution in [0.2, 0.25) is 0 Å². The molecule has 0 bridgehead atoms. The Hall–Kier alpha value is -2.90. The third kappa shape index (κ3) is 7.58. The first kappa shape index (κ1) is 24.7. The Morgan fingerprint density at radius 1 is 1.06 bits per heavy atom. The topological polar surface area (TPSA) is 71.1 Å². The second-order valence-corrected chi connectivity index (χ2v) is 8.17. The van der Waals surface area contributed by atoms with Gasteiger partial charge in [0.15, 0.2) is 0 Å². The first-order valence-electron chi connectivity index (χ1n) is 11.6. The summed E-state index contributed by atoms with van der Waals surface area (Å²) in [5.74, 6) is 0.589. The third-order valence-corrected chi connectivity index (χ3v) is 5.92. The third-order valence-electron chi connectivity index (χ3n) is 5.92. The van der Waals surface area contributed by atoms with Gasteiger partial charge in [-0.2, -0.15) is 0 Å². The minimum absolute atomic E-state index is 0.0462. The van der Waals surface area contributed by atoms with Crippen LogP contribution in [0, 0.1) is 0 Å². The van der Waals surface area contributed by atoms with Crippen LogP contribution in [-0.2, 0) is 27.3 Å². The molecule has 3 rings (SSSR count). The fraction of sp³-hybridized carbons (Fsp3) is 0.462. The lowest BCUT2D eigenvalue weighted by Crippen LogP contribution is -2.51. The zero-order valence-corrected chi connectivity index (χ0v) is 19.7. The molecule has 1 atom stereocenters. The zero-order valence-electron chi connectivity index (χ0n) is 19.7. The molecule has 2 amide bonds. The average molecular weight is 454 g/mol. The number of amides is 2. The zero-order chi connectivity index (χ0) is 23.5. The summed E-state index contributed by atoms with van der Waals surface area (Å²) >= 11 is 0. The highest BCUT2D eigenvalue weighted by Crippen LogP contribution is 2.18. The van der Waals surface area contributed by atoms with Crippen LogP contribution in [0.1, 0.15) is 24.5 Å². The van der Waals surface area contributed by atoms with Crippen LogP contribution in [0.3, 0.4) is 0 Å². The molecular weight excluding hydrogens is 418 g/mol. The summed E-state index contributed by atoms with van der Waals surface area (Å²) in [6, 6.07) is 16.9. The molecule has 1 aliphatic heterocycles. The van der Waals surface area contributed by atoms with E-state index in [1.54, 1.807) is 12.0 Å². The number of rotatable bonds is 11. The van der Waals surface area contributed by atoms with Crippen molar-refractivity contribution in [2.24, 2.45) is 0 Å². The van der Waals surface area contributed by atoms with E-state index in [9.17, 15) is 9.59 Å². The van der Waals surface area contributed by atoms with Gasteiger partial charge in [0.25, 0.3) is 0 Å². The van der Waals surface area contributed by atoms with Gasteiger partial charge in [-0.25, -0.2) is 0 Å². The summed E-state index contributed by atoms with van der Waals surface area (Å²) < 4.78 is 10.6. The standard InChI is InChI=1S/C26H35N3O4/c1-3-25(30)29(20-22-9-11-23(32-2)12-10-22)24(19-21-7-5-4-6-8-21)26(31)27-13-14-28-15-17-33-18-16-28/h4-12,24H,3,13-20H2,1-2H3,(H,27,31).